The van der Waals surface area contributed by atoms with Crippen LogP contribution in [0, 0.1) is 10.1 Å². The minimum atomic E-state index is -0.983. The smallest absolute Gasteiger partial charge is 0.397 e. The van der Waals surface area contributed by atoms with Gasteiger partial charge in [0.05, 0.1) is 22.8 Å². The number of halogens is 1. The maximum absolute atomic E-state index is 11.9. The number of nitro groups is 1. The zero-order valence-electron chi connectivity index (χ0n) is 10.6. The topological polar surface area (TPSA) is 89.8 Å². The van der Waals surface area contributed by atoms with Crippen molar-refractivity contribution in [1.82, 2.24) is 0 Å². The number of benzene rings is 1. The molecule has 0 unspecified atom stereocenters. The van der Waals surface area contributed by atoms with Crippen LogP contribution >= 0.6 is 11.6 Å². The molecule has 20 heavy (non-hydrogen) atoms. The Labute approximate surface area is 119 Å². The molecule has 8 heteroatoms. The van der Waals surface area contributed by atoms with E-state index in [0.717, 1.165) is 4.90 Å². The molecule has 1 aromatic carbocycles. The lowest BCUT2D eigenvalue weighted by atomic mass is 10.1. The second-order valence-electron chi connectivity index (χ2n) is 4.11. The van der Waals surface area contributed by atoms with E-state index in [-0.39, 0.29) is 23.9 Å². The molecule has 2 rings (SSSR count). The van der Waals surface area contributed by atoms with Crippen molar-refractivity contribution < 1.29 is 19.2 Å². The van der Waals surface area contributed by atoms with E-state index in [4.69, 9.17) is 11.6 Å². The van der Waals surface area contributed by atoms with Crippen LogP contribution in [0.5, 0.6) is 0 Å². The zero-order chi connectivity index (χ0) is 14.9. The Bertz CT molecular complexity index is 602. The number of amides is 1. The van der Waals surface area contributed by atoms with Crippen LogP contribution < -0.4 is 4.90 Å². The summed E-state index contributed by atoms with van der Waals surface area (Å²) >= 11 is 5.82. The van der Waals surface area contributed by atoms with E-state index in [1.165, 1.54) is 12.1 Å². The molecule has 106 valence electrons. The van der Waals surface area contributed by atoms with Gasteiger partial charge >= 0.3 is 11.9 Å². The van der Waals surface area contributed by atoms with Crippen LogP contribution in [0.4, 0.5) is 11.4 Å². The summed E-state index contributed by atoms with van der Waals surface area (Å²) < 4.78 is 4.64. The average molecular weight is 299 g/mol. The van der Waals surface area contributed by atoms with Gasteiger partial charge in [0.15, 0.2) is 0 Å². The number of ether oxygens (including phenoxy) is 1. The summed E-state index contributed by atoms with van der Waals surface area (Å²) in [4.78, 5) is 35.0. The molecule has 1 amide bonds. The third-order valence-electron chi connectivity index (χ3n) is 2.94. The standard InChI is InChI=1S/C12H11ClN2O5/c1-2-20-12(17)11(16)14-4-3-8-9(14)5-7(13)6-10(8)15(18)19/h5-6H,2-4H2,1H3. The van der Waals surface area contributed by atoms with Crippen molar-refractivity contribution in [2.75, 3.05) is 18.1 Å². The SMILES string of the molecule is CCOC(=O)C(=O)N1CCc2c1cc(Cl)cc2[N+](=O)[O-]. The normalized spacial score (nSPS) is 13.0. The molecule has 0 atom stereocenters. The van der Waals surface area contributed by atoms with Gasteiger partial charge in [0.2, 0.25) is 0 Å². The van der Waals surface area contributed by atoms with Crippen LogP contribution in [0.15, 0.2) is 12.1 Å². The van der Waals surface area contributed by atoms with Gasteiger partial charge < -0.3 is 9.64 Å². The second-order valence-corrected chi connectivity index (χ2v) is 4.54. The van der Waals surface area contributed by atoms with Crippen molar-refractivity contribution in [2.45, 2.75) is 13.3 Å². The fourth-order valence-electron chi connectivity index (χ4n) is 2.13. The number of nitrogens with zero attached hydrogens (tertiary/aromatic N) is 2. The van der Waals surface area contributed by atoms with E-state index in [1.54, 1.807) is 6.92 Å². The van der Waals surface area contributed by atoms with Crippen molar-refractivity contribution >= 4 is 34.9 Å². The molecule has 1 aliphatic heterocycles. The van der Waals surface area contributed by atoms with E-state index in [2.05, 4.69) is 4.74 Å². The number of hydrogen-bond acceptors (Lipinski definition) is 5. The molecule has 0 radical (unpaired) electrons. The van der Waals surface area contributed by atoms with Gasteiger partial charge in [-0.1, -0.05) is 11.6 Å². The largest absolute Gasteiger partial charge is 0.459 e. The summed E-state index contributed by atoms with van der Waals surface area (Å²) in [7, 11) is 0. The molecule has 0 aromatic heterocycles. The molecule has 0 saturated heterocycles. The molecular formula is C12H11ClN2O5. The molecule has 1 aliphatic rings. The van der Waals surface area contributed by atoms with E-state index >= 15 is 0 Å². The minimum absolute atomic E-state index is 0.0843. The Balaban J connectivity index is 2.40. The predicted octanol–water partition coefficient (Wildman–Crippen LogP) is 1.70. The highest BCUT2D eigenvalue weighted by Gasteiger charge is 2.34. The van der Waals surface area contributed by atoms with Gasteiger partial charge in [-0.05, 0) is 19.4 Å². The number of esters is 1. The van der Waals surface area contributed by atoms with E-state index in [0.29, 0.717) is 17.7 Å². The van der Waals surface area contributed by atoms with Crippen molar-refractivity contribution in [2.24, 2.45) is 0 Å². The first kappa shape index (κ1) is 14.3. The van der Waals surface area contributed by atoms with E-state index in [9.17, 15) is 19.7 Å². The van der Waals surface area contributed by atoms with Crippen LogP contribution in [0.3, 0.4) is 0 Å². The lowest BCUT2D eigenvalue weighted by Crippen LogP contribution is -2.36. The first-order valence-electron chi connectivity index (χ1n) is 5.91. The number of hydrogen-bond donors (Lipinski definition) is 0. The van der Waals surface area contributed by atoms with Crippen LogP contribution in [0.25, 0.3) is 0 Å². The molecule has 0 saturated carbocycles. The molecule has 1 heterocycles. The Morgan fingerprint density at radius 2 is 2.20 bits per heavy atom. The fraction of sp³-hybridized carbons (Fsp3) is 0.333. The summed E-state index contributed by atoms with van der Waals surface area (Å²) in [5.41, 5.74) is 0.547. The lowest BCUT2D eigenvalue weighted by Gasteiger charge is -2.16. The van der Waals surface area contributed by atoms with Crippen LogP contribution in [-0.2, 0) is 20.7 Å². The first-order chi connectivity index (χ1) is 9.45. The molecule has 0 bridgehead atoms. The average Bonchev–Trinajstić information content (AvgIpc) is 2.80. The van der Waals surface area contributed by atoms with Gasteiger partial charge in [0.25, 0.3) is 5.69 Å². The van der Waals surface area contributed by atoms with Crippen molar-refractivity contribution in [3.63, 3.8) is 0 Å². The summed E-state index contributed by atoms with van der Waals surface area (Å²) in [5.74, 6) is -1.83. The maximum atomic E-state index is 11.9. The Kier molecular flexibility index (Phi) is 3.89. The van der Waals surface area contributed by atoms with Gasteiger partial charge in [0.1, 0.15) is 0 Å². The first-order valence-corrected chi connectivity index (χ1v) is 6.29. The molecule has 0 aliphatic carbocycles. The molecular weight excluding hydrogens is 288 g/mol. The number of rotatable bonds is 2. The van der Waals surface area contributed by atoms with Crippen LogP contribution in [-0.4, -0.2) is 30.0 Å². The van der Waals surface area contributed by atoms with E-state index < -0.39 is 16.8 Å². The summed E-state index contributed by atoms with van der Waals surface area (Å²) in [5, 5.41) is 11.1. The monoisotopic (exact) mass is 298 g/mol. The number of fused-ring (bicyclic) bond motifs is 1. The third-order valence-corrected chi connectivity index (χ3v) is 3.15. The number of carbonyl (C=O) groups excluding carboxylic acids is 2. The zero-order valence-corrected chi connectivity index (χ0v) is 11.3. The minimum Gasteiger partial charge on any atom is -0.459 e. The van der Waals surface area contributed by atoms with Gasteiger partial charge in [-0.15, -0.1) is 0 Å². The Morgan fingerprint density at radius 1 is 1.50 bits per heavy atom. The fourth-order valence-corrected chi connectivity index (χ4v) is 2.33. The Hall–Kier alpha value is -2.15. The quantitative estimate of drug-likeness (QED) is 0.359. The van der Waals surface area contributed by atoms with Crippen molar-refractivity contribution in [3.8, 4) is 0 Å². The third kappa shape index (κ3) is 2.44. The highest BCUT2D eigenvalue weighted by Crippen LogP contribution is 2.37. The van der Waals surface area contributed by atoms with Gasteiger partial charge in [-0.3, -0.25) is 14.9 Å². The Morgan fingerprint density at radius 3 is 2.80 bits per heavy atom. The summed E-state index contributed by atoms with van der Waals surface area (Å²) in [6, 6.07) is 2.67. The van der Waals surface area contributed by atoms with Gasteiger partial charge in [-0.25, -0.2) is 4.79 Å². The van der Waals surface area contributed by atoms with Gasteiger partial charge in [0, 0.05) is 17.6 Å². The summed E-state index contributed by atoms with van der Waals surface area (Å²) in [6.45, 7) is 1.86. The second kappa shape index (κ2) is 5.46. The van der Waals surface area contributed by atoms with Gasteiger partial charge in [-0.2, -0.15) is 0 Å². The number of nitro benzene ring substituents is 1. The molecule has 7 nitrogen and oxygen atoms in total. The highest BCUT2D eigenvalue weighted by atomic mass is 35.5. The van der Waals surface area contributed by atoms with Crippen LogP contribution in [0.2, 0.25) is 5.02 Å². The highest BCUT2D eigenvalue weighted by molar-refractivity contribution is 6.38. The molecule has 0 fully saturated rings. The summed E-state index contributed by atoms with van der Waals surface area (Å²) in [6.07, 6.45) is 0.300. The number of anilines is 1. The van der Waals surface area contributed by atoms with Crippen molar-refractivity contribution in [1.29, 1.82) is 0 Å². The van der Waals surface area contributed by atoms with Crippen molar-refractivity contribution in [3.05, 3.63) is 32.8 Å². The maximum Gasteiger partial charge on any atom is 0.397 e. The molecule has 1 aromatic rings. The lowest BCUT2D eigenvalue weighted by molar-refractivity contribution is -0.385. The van der Waals surface area contributed by atoms with E-state index in [1.807, 2.05) is 0 Å². The number of carbonyl (C=O) groups is 2. The molecule has 0 N–H and O–H groups in total. The predicted molar refractivity (Wildman–Crippen MR) is 70.8 cm³/mol. The molecule has 0 spiro atoms. The van der Waals surface area contributed by atoms with Crippen LogP contribution in [0.1, 0.15) is 12.5 Å².